The lowest BCUT2D eigenvalue weighted by molar-refractivity contribution is 0.291. The fraction of sp³-hybridized carbons (Fsp3) is 0.333. The molecular weight excluding hydrogens is 136 g/mol. The van der Waals surface area contributed by atoms with E-state index in [1.165, 1.54) is 5.56 Å². The van der Waals surface area contributed by atoms with Crippen LogP contribution in [0.15, 0.2) is 30.3 Å². The summed E-state index contributed by atoms with van der Waals surface area (Å²) in [7, 11) is 0. The molecule has 0 aliphatic carbocycles. The van der Waals surface area contributed by atoms with Crippen molar-refractivity contribution in [2.45, 2.75) is 13.5 Å². The molecule has 60 valence electrons. The van der Waals surface area contributed by atoms with Crippen molar-refractivity contribution in [3.05, 3.63) is 35.9 Å². The van der Waals surface area contributed by atoms with Gasteiger partial charge in [0.2, 0.25) is 0 Å². The van der Waals surface area contributed by atoms with Gasteiger partial charge in [-0.25, -0.2) is 5.01 Å². The van der Waals surface area contributed by atoms with Gasteiger partial charge in [0.1, 0.15) is 0 Å². The van der Waals surface area contributed by atoms with E-state index < -0.39 is 0 Å². The van der Waals surface area contributed by atoms with Crippen molar-refractivity contribution < 1.29 is 0 Å². The third-order valence-electron chi connectivity index (χ3n) is 1.63. The van der Waals surface area contributed by atoms with E-state index in [-0.39, 0.29) is 0 Å². The first kappa shape index (κ1) is 8.24. The van der Waals surface area contributed by atoms with Gasteiger partial charge in [-0.3, -0.25) is 5.84 Å². The monoisotopic (exact) mass is 150 g/mol. The van der Waals surface area contributed by atoms with E-state index in [0.717, 1.165) is 13.1 Å². The van der Waals surface area contributed by atoms with Gasteiger partial charge in [-0.15, -0.1) is 0 Å². The van der Waals surface area contributed by atoms with Gasteiger partial charge in [0, 0.05) is 13.1 Å². The number of hydrogen-bond donors (Lipinski definition) is 1. The molecule has 11 heavy (non-hydrogen) atoms. The molecule has 2 N–H and O–H groups in total. The van der Waals surface area contributed by atoms with Gasteiger partial charge in [-0.1, -0.05) is 37.3 Å². The normalized spacial score (nSPS) is 10.5. The summed E-state index contributed by atoms with van der Waals surface area (Å²) in [4.78, 5) is 0. The zero-order valence-corrected chi connectivity index (χ0v) is 6.83. The zero-order valence-electron chi connectivity index (χ0n) is 6.83. The summed E-state index contributed by atoms with van der Waals surface area (Å²) in [5.41, 5.74) is 1.26. The molecule has 0 bridgehead atoms. The van der Waals surface area contributed by atoms with E-state index in [4.69, 9.17) is 5.84 Å². The number of rotatable bonds is 3. The first-order chi connectivity index (χ1) is 5.33. The average Bonchev–Trinajstić information content (AvgIpc) is 2.06. The molecule has 0 saturated carbocycles. The molecule has 0 aromatic heterocycles. The molecule has 0 aliphatic heterocycles. The largest absolute Gasteiger partial charge is 0.268 e. The van der Waals surface area contributed by atoms with Crippen molar-refractivity contribution in [3.8, 4) is 0 Å². The van der Waals surface area contributed by atoms with E-state index in [2.05, 4.69) is 12.1 Å². The van der Waals surface area contributed by atoms with Crippen molar-refractivity contribution in [3.63, 3.8) is 0 Å². The Bertz CT molecular complexity index is 196. The van der Waals surface area contributed by atoms with Crippen LogP contribution >= 0.6 is 0 Å². The molecule has 2 heteroatoms. The SMILES string of the molecule is CCN(N)Cc1ccccc1. The topological polar surface area (TPSA) is 29.3 Å². The Morgan fingerprint density at radius 2 is 1.91 bits per heavy atom. The fourth-order valence-corrected chi connectivity index (χ4v) is 0.930. The van der Waals surface area contributed by atoms with Gasteiger partial charge in [0.15, 0.2) is 0 Å². The van der Waals surface area contributed by atoms with Gasteiger partial charge in [-0.2, -0.15) is 0 Å². The Hall–Kier alpha value is -0.860. The van der Waals surface area contributed by atoms with Crippen LogP contribution < -0.4 is 5.84 Å². The molecule has 1 rings (SSSR count). The van der Waals surface area contributed by atoms with Gasteiger partial charge in [0.05, 0.1) is 0 Å². The van der Waals surface area contributed by atoms with E-state index in [1.807, 2.05) is 25.1 Å². The Balaban J connectivity index is 2.51. The molecule has 0 aliphatic rings. The summed E-state index contributed by atoms with van der Waals surface area (Å²) in [6.07, 6.45) is 0. The molecule has 0 heterocycles. The third kappa shape index (κ3) is 2.70. The average molecular weight is 150 g/mol. The molecule has 1 aromatic carbocycles. The van der Waals surface area contributed by atoms with Crippen LogP contribution in [0.3, 0.4) is 0 Å². The molecule has 0 saturated heterocycles. The first-order valence-electron chi connectivity index (χ1n) is 3.86. The maximum Gasteiger partial charge on any atom is 0.0379 e. The lowest BCUT2D eigenvalue weighted by Crippen LogP contribution is -2.29. The van der Waals surface area contributed by atoms with Crippen LogP contribution in [0.1, 0.15) is 12.5 Å². The molecule has 2 nitrogen and oxygen atoms in total. The van der Waals surface area contributed by atoms with E-state index in [1.54, 1.807) is 5.01 Å². The second-order valence-corrected chi connectivity index (χ2v) is 2.55. The van der Waals surface area contributed by atoms with Gasteiger partial charge < -0.3 is 0 Å². The minimum absolute atomic E-state index is 0.831. The van der Waals surface area contributed by atoms with Crippen LogP contribution in [0.25, 0.3) is 0 Å². The Kier molecular flexibility index (Phi) is 3.08. The Morgan fingerprint density at radius 1 is 1.27 bits per heavy atom. The molecule has 0 atom stereocenters. The fourth-order valence-electron chi connectivity index (χ4n) is 0.930. The minimum Gasteiger partial charge on any atom is -0.268 e. The van der Waals surface area contributed by atoms with Crippen LogP contribution in [0.4, 0.5) is 0 Å². The van der Waals surface area contributed by atoms with Crippen molar-refractivity contribution in [1.29, 1.82) is 0 Å². The van der Waals surface area contributed by atoms with Crippen molar-refractivity contribution >= 4 is 0 Å². The summed E-state index contributed by atoms with van der Waals surface area (Å²) >= 11 is 0. The lowest BCUT2D eigenvalue weighted by Gasteiger charge is -2.12. The van der Waals surface area contributed by atoms with E-state index in [9.17, 15) is 0 Å². The highest BCUT2D eigenvalue weighted by atomic mass is 15.4. The second-order valence-electron chi connectivity index (χ2n) is 2.55. The van der Waals surface area contributed by atoms with Crippen molar-refractivity contribution in [2.75, 3.05) is 6.54 Å². The van der Waals surface area contributed by atoms with Crippen LogP contribution in [-0.2, 0) is 6.54 Å². The van der Waals surface area contributed by atoms with Crippen molar-refractivity contribution in [1.82, 2.24) is 5.01 Å². The Labute approximate surface area is 67.6 Å². The van der Waals surface area contributed by atoms with E-state index in [0.29, 0.717) is 0 Å². The molecular formula is C9H14N2. The maximum absolute atomic E-state index is 5.64. The van der Waals surface area contributed by atoms with Crippen LogP contribution in [0, 0.1) is 0 Å². The predicted molar refractivity (Wildman–Crippen MR) is 46.7 cm³/mol. The van der Waals surface area contributed by atoms with Gasteiger partial charge in [0.25, 0.3) is 0 Å². The number of benzene rings is 1. The summed E-state index contributed by atoms with van der Waals surface area (Å²) in [6.45, 7) is 3.76. The minimum atomic E-state index is 0.831. The lowest BCUT2D eigenvalue weighted by atomic mass is 10.2. The van der Waals surface area contributed by atoms with Gasteiger partial charge >= 0.3 is 0 Å². The van der Waals surface area contributed by atoms with Gasteiger partial charge in [-0.05, 0) is 5.56 Å². The zero-order chi connectivity index (χ0) is 8.10. The summed E-state index contributed by atoms with van der Waals surface area (Å²) in [6, 6.07) is 10.2. The second kappa shape index (κ2) is 4.11. The van der Waals surface area contributed by atoms with Crippen LogP contribution in [-0.4, -0.2) is 11.6 Å². The van der Waals surface area contributed by atoms with Crippen molar-refractivity contribution in [2.24, 2.45) is 5.84 Å². The summed E-state index contributed by atoms with van der Waals surface area (Å²) < 4.78 is 0. The Morgan fingerprint density at radius 3 is 2.45 bits per heavy atom. The van der Waals surface area contributed by atoms with Crippen LogP contribution in [0.5, 0.6) is 0 Å². The molecule has 0 spiro atoms. The number of hydrazine groups is 1. The quantitative estimate of drug-likeness (QED) is 0.521. The number of hydrogen-bond acceptors (Lipinski definition) is 2. The molecule has 0 amide bonds. The molecule has 1 aromatic rings. The maximum atomic E-state index is 5.64. The first-order valence-corrected chi connectivity index (χ1v) is 3.86. The highest BCUT2D eigenvalue weighted by Crippen LogP contribution is 1.99. The highest BCUT2D eigenvalue weighted by Gasteiger charge is 1.94. The summed E-state index contributed by atoms with van der Waals surface area (Å²) in [5.74, 6) is 5.64. The number of nitrogens with zero attached hydrogens (tertiary/aromatic N) is 1. The predicted octanol–water partition coefficient (Wildman–Crippen LogP) is 1.38. The standard InChI is InChI=1S/C9H14N2/c1-2-11(10)8-9-6-4-3-5-7-9/h3-7H,2,8,10H2,1H3. The summed E-state index contributed by atoms with van der Waals surface area (Å²) in [5, 5.41) is 1.79. The molecule has 0 fully saturated rings. The molecule has 0 radical (unpaired) electrons. The van der Waals surface area contributed by atoms with Crippen LogP contribution in [0.2, 0.25) is 0 Å². The number of nitrogens with two attached hydrogens (primary N) is 1. The highest BCUT2D eigenvalue weighted by molar-refractivity contribution is 5.14. The van der Waals surface area contributed by atoms with E-state index >= 15 is 0 Å². The molecule has 0 unspecified atom stereocenters. The smallest absolute Gasteiger partial charge is 0.0379 e. The third-order valence-corrected chi connectivity index (χ3v) is 1.63.